The summed E-state index contributed by atoms with van der Waals surface area (Å²) in [5.41, 5.74) is 0.561. The lowest BCUT2D eigenvalue weighted by atomic mass is 10.1. The van der Waals surface area contributed by atoms with Crippen molar-refractivity contribution in [2.75, 3.05) is 6.26 Å². The second-order valence-electron chi connectivity index (χ2n) is 4.83. The van der Waals surface area contributed by atoms with Gasteiger partial charge < -0.3 is 9.84 Å². The summed E-state index contributed by atoms with van der Waals surface area (Å²) in [7, 11) is -3.35. The summed E-state index contributed by atoms with van der Waals surface area (Å²) in [6.45, 7) is 0. The number of benzene rings is 2. The maximum absolute atomic E-state index is 11.5. The fraction of sp³-hybridized carbons (Fsp3) is 0.133. The van der Waals surface area contributed by atoms with Gasteiger partial charge in [-0.2, -0.15) is 0 Å². The lowest BCUT2D eigenvalue weighted by Gasteiger charge is -2.10. The third-order valence-electron chi connectivity index (χ3n) is 2.85. The minimum absolute atomic E-state index is 0.0932. The van der Waals surface area contributed by atoms with Gasteiger partial charge in [0.2, 0.25) is 0 Å². The van der Waals surface area contributed by atoms with Crippen molar-refractivity contribution in [3.8, 4) is 11.5 Å². The number of sulfone groups is 1. The molecule has 0 bridgehead atoms. The lowest BCUT2D eigenvalue weighted by Crippen LogP contribution is -2.00. The van der Waals surface area contributed by atoms with Crippen molar-refractivity contribution < 1.29 is 23.1 Å². The molecular formula is C15H12BrClO5S. The van der Waals surface area contributed by atoms with Crippen LogP contribution in [-0.4, -0.2) is 25.7 Å². The van der Waals surface area contributed by atoms with Gasteiger partial charge in [-0.3, -0.25) is 4.79 Å². The van der Waals surface area contributed by atoms with Crippen LogP contribution < -0.4 is 4.74 Å². The number of hydrogen-bond acceptors (Lipinski definition) is 4. The molecule has 0 heterocycles. The van der Waals surface area contributed by atoms with Crippen LogP contribution in [0.25, 0.3) is 0 Å². The Kier molecular flexibility index (Phi) is 5.33. The summed E-state index contributed by atoms with van der Waals surface area (Å²) in [4.78, 5) is 10.9. The minimum Gasteiger partial charge on any atom is -0.481 e. The van der Waals surface area contributed by atoms with Gasteiger partial charge in [0.25, 0.3) is 0 Å². The zero-order valence-electron chi connectivity index (χ0n) is 11.9. The second kappa shape index (κ2) is 6.90. The van der Waals surface area contributed by atoms with E-state index < -0.39 is 15.8 Å². The fourth-order valence-corrected chi connectivity index (χ4v) is 3.33. The summed E-state index contributed by atoms with van der Waals surface area (Å²) in [5, 5.41) is 9.00. The van der Waals surface area contributed by atoms with Crippen LogP contribution in [0.3, 0.4) is 0 Å². The van der Waals surface area contributed by atoms with Crippen molar-refractivity contribution in [3.63, 3.8) is 0 Å². The molecule has 0 radical (unpaired) electrons. The number of carboxylic acid groups (broad SMARTS) is 1. The van der Waals surface area contributed by atoms with E-state index in [1.54, 1.807) is 18.2 Å². The Bertz CT molecular complexity index is 864. The van der Waals surface area contributed by atoms with Gasteiger partial charge in [-0.25, -0.2) is 8.42 Å². The smallest absolute Gasteiger partial charge is 0.307 e. The number of ether oxygens (including phenoxy) is 1. The SMILES string of the molecule is CS(=O)(=O)c1ccc(Oc2cc(Br)cc(CC(=O)O)c2)c(Cl)c1. The summed E-state index contributed by atoms with van der Waals surface area (Å²) in [6.07, 6.45) is 0.947. The molecular weight excluding hydrogens is 408 g/mol. The number of rotatable bonds is 5. The average molecular weight is 420 g/mol. The molecule has 0 saturated heterocycles. The number of halogens is 2. The minimum atomic E-state index is -3.35. The van der Waals surface area contributed by atoms with Gasteiger partial charge >= 0.3 is 5.97 Å². The summed E-state index contributed by atoms with van der Waals surface area (Å²) in [6, 6.07) is 9.08. The van der Waals surface area contributed by atoms with Gasteiger partial charge in [0, 0.05) is 10.7 Å². The van der Waals surface area contributed by atoms with Gasteiger partial charge in [-0.05, 0) is 42.0 Å². The molecule has 5 nitrogen and oxygen atoms in total. The highest BCUT2D eigenvalue weighted by atomic mass is 79.9. The second-order valence-corrected chi connectivity index (χ2v) is 8.17. The summed E-state index contributed by atoms with van der Waals surface area (Å²) < 4.78 is 29.3. The Labute approximate surface area is 146 Å². The molecule has 122 valence electrons. The summed E-state index contributed by atoms with van der Waals surface area (Å²) in [5.74, 6) is -0.285. The van der Waals surface area contributed by atoms with E-state index in [9.17, 15) is 13.2 Å². The van der Waals surface area contributed by atoms with E-state index in [2.05, 4.69) is 15.9 Å². The number of aliphatic carboxylic acids is 1. The first-order valence-electron chi connectivity index (χ1n) is 6.34. The van der Waals surface area contributed by atoms with E-state index in [4.69, 9.17) is 21.4 Å². The van der Waals surface area contributed by atoms with Crippen molar-refractivity contribution in [2.45, 2.75) is 11.3 Å². The fourth-order valence-electron chi connectivity index (χ4n) is 1.88. The first-order valence-corrected chi connectivity index (χ1v) is 9.40. The Morgan fingerprint density at radius 3 is 2.52 bits per heavy atom. The molecule has 2 aromatic rings. The van der Waals surface area contributed by atoms with Crippen LogP contribution in [-0.2, 0) is 21.1 Å². The zero-order valence-corrected chi connectivity index (χ0v) is 15.1. The van der Waals surface area contributed by atoms with Gasteiger partial charge in [-0.1, -0.05) is 27.5 Å². The highest BCUT2D eigenvalue weighted by Gasteiger charge is 2.12. The number of hydrogen-bond donors (Lipinski definition) is 1. The predicted molar refractivity (Wildman–Crippen MR) is 90.1 cm³/mol. The van der Waals surface area contributed by atoms with E-state index in [1.807, 2.05) is 0 Å². The molecule has 0 aliphatic heterocycles. The van der Waals surface area contributed by atoms with E-state index in [0.717, 1.165) is 6.26 Å². The molecule has 2 rings (SSSR count). The molecule has 0 aliphatic carbocycles. The Balaban J connectivity index is 2.32. The van der Waals surface area contributed by atoms with Crippen molar-refractivity contribution in [2.24, 2.45) is 0 Å². The Hall–Kier alpha value is -1.57. The molecule has 1 N–H and O–H groups in total. The largest absolute Gasteiger partial charge is 0.481 e. The van der Waals surface area contributed by atoms with Gasteiger partial charge in [-0.15, -0.1) is 0 Å². The van der Waals surface area contributed by atoms with Gasteiger partial charge in [0.15, 0.2) is 9.84 Å². The first kappa shape index (κ1) is 17.8. The van der Waals surface area contributed by atoms with E-state index in [1.165, 1.54) is 18.2 Å². The molecule has 0 amide bonds. The molecule has 8 heteroatoms. The third-order valence-corrected chi connectivity index (χ3v) is 4.71. The molecule has 0 aliphatic rings. The normalized spacial score (nSPS) is 11.3. The summed E-state index contributed by atoms with van der Waals surface area (Å²) >= 11 is 9.34. The average Bonchev–Trinajstić information content (AvgIpc) is 2.38. The van der Waals surface area contributed by atoms with Crippen LogP contribution in [0.5, 0.6) is 11.5 Å². The molecule has 0 aromatic heterocycles. The van der Waals surface area contributed by atoms with E-state index in [-0.39, 0.29) is 22.1 Å². The highest BCUT2D eigenvalue weighted by molar-refractivity contribution is 9.10. The Morgan fingerprint density at radius 1 is 1.26 bits per heavy atom. The van der Waals surface area contributed by atoms with Crippen molar-refractivity contribution in [3.05, 3.63) is 51.5 Å². The molecule has 0 spiro atoms. The predicted octanol–water partition coefficient (Wildman–Crippen LogP) is 3.93. The molecule has 0 atom stereocenters. The van der Waals surface area contributed by atoms with E-state index >= 15 is 0 Å². The molecule has 2 aromatic carbocycles. The monoisotopic (exact) mass is 418 g/mol. The molecule has 0 saturated carbocycles. The van der Waals surface area contributed by atoms with Crippen molar-refractivity contribution in [1.82, 2.24) is 0 Å². The highest BCUT2D eigenvalue weighted by Crippen LogP contribution is 2.33. The Morgan fingerprint density at radius 2 is 1.96 bits per heavy atom. The maximum Gasteiger partial charge on any atom is 0.307 e. The quantitative estimate of drug-likeness (QED) is 0.794. The zero-order chi connectivity index (χ0) is 17.2. The van der Waals surface area contributed by atoms with Crippen LogP contribution >= 0.6 is 27.5 Å². The maximum atomic E-state index is 11.5. The van der Waals surface area contributed by atoms with Crippen LogP contribution in [0.4, 0.5) is 0 Å². The van der Waals surface area contributed by atoms with Gasteiger partial charge in [0.05, 0.1) is 16.3 Å². The molecule has 23 heavy (non-hydrogen) atoms. The van der Waals surface area contributed by atoms with Crippen LogP contribution in [0.1, 0.15) is 5.56 Å². The first-order chi connectivity index (χ1) is 10.6. The van der Waals surface area contributed by atoms with Crippen LogP contribution in [0.15, 0.2) is 45.8 Å². The van der Waals surface area contributed by atoms with Crippen LogP contribution in [0.2, 0.25) is 5.02 Å². The molecule has 0 unspecified atom stereocenters. The molecule has 0 fully saturated rings. The lowest BCUT2D eigenvalue weighted by molar-refractivity contribution is -0.136. The standard InChI is InChI=1S/C15H12BrClO5S/c1-23(20,21)12-2-3-14(13(17)8-12)22-11-5-9(6-15(18)19)4-10(16)7-11/h2-5,7-8H,6H2,1H3,(H,18,19). The van der Waals surface area contributed by atoms with Gasteiger partial charge in [0.1, 0.15) is 11.5 Å². The third kappa shape index (κ3) is 4.95. The van der Waals surface area contributed by atoms with Crippen molar-refractivity contribution in [1.29, 1.82) is 0 Å². The number of carbonyl (C=O) groups is 1. The number of carboxylic acids is 1. The van der Waals surface area contributed by atoms with Crippen molar-refractivity contribution >= 4 is 43.3 Å². The topological polar surface area (TPSA) is 80.7 Å². The van der Waals surface area contributed by atoms with Crippen LogP contribution in [0, 0.1) is 0 Å². The van der Waals surface area contributed by atoms with E-state index in [0.29, 0.717) is 15.8 Å².